The number of hydrogen-bond donors (Lipinski definition) is 0. The minimum Gasteiger partial charge on any atom is -0.493 e. The quantitative estimate of drug-likeness (QED) is 0.218. The van der Waals surface area contributed by atoms with E-state index in [1.165, 1.54) is 31.4 Å². The van der Waals surface area contributed by atoms with Gasteiger partial charge in [0.05, 0.1) is 17.1 Å². The summed E-state index contributed by atoms with van der Waals surface area (Å²) in [7, 11) is 1.46. The molecule has 7 nitrogen and oxygen atoms in total. The van der Waals surface area contributed by atoms with E-state index in [2.05, 4.69) is 5.92 Å². The molecule has 0 saturated carbocycles. The molecule has 0 atom stereocenters. The van der Waals surface area contributed by atoms with E-state index in [4.69, 9.17) is 32.2 Å². The molecule has 0 fully saturated rings. The number of benzene rings is 2. The molecule has 2 rings (SSSR count). The van der Waals surface area contributed by atoms with Crippen LogP contribution in [0.3, 0.4) is 0 Å². The second-order valence-electron chi connectivity index (χ2n) is 5.39. The van der Waals surface area contributed by atoms with E-state index in [1.54, 1.807) is 24.3 Å². The highest BCUT2D eigenvalue weighted by molar-refractivity contribution is 6.32. The van der Waals surface area contributed by atoms with E-state index >= 15 is 0 Å². The molecule has 28 heavy (non-hydrogen) atoms. The molecule has 2 aromatic rings. The fraction of sp³-hybridized carbons (Fsp3) is 0.150. The van der Waals surface area contributed by atoms with Gasteiger partial charge in [0, 0.05) is 18.2 Å². The lowest BCUT2D eigenvalue weighted by Crippen LogP contribution is -2.00. The van der Waals surface area contributed by atoms with E-state index in [0.717, 1.165) is 5.56 Å². The average Bonchev–Trinajstić information content (AvgIpc) is 2.69. The number of hydrogen-bond acceptors (Lipinski definition) is 6. The average molecular weight is 402 g/mol. The second-order valence-corrected chi connectivity index (χ2v) is 5.80. The highest BCUT2D eigenvalue weighted by Gasteiger charge is 2.12. The minimum atomic E-state index is -0.577. The van der Waals surface area contributed by atoms with Crippen LogP contribution in [0, 0.1) is 22.5 Å². The van der Waals surface area contributed by atoms with Crippen molar-refractivity contribution >= 4 is 29.3 Å². The number of methoxy groups -OCH3 is 1. The Labute approximate surface area is 166 Å². The van der Waals surface area contributed by atoms with Crippen molar-refractivity contribution in [1.82, 2.24) is 0 Å². The molecule has 0 unspecified atom stereocenters. The van der Waals surface area contributed by atoms with Crippen LogP contribution in [0.1, 0.15) is 11.1 Å². The van der Waals surface area contributed by atoms with E-state index in [0.29, 0.717) is 17.1 Å². The number of non-ortho nitro benzene ring substituents is 1. The Morgan fingerprint density at radius 2 is 2.04 bits per heavy atom. The predicted octanol–water partition coefficient (Wildman–Crippen LogP) is 4.03. The third-order valence-corrected chi connectivity index (χ3v) is 3.77. The van der Waals surface area contributed by atoms with Gasteiger partial charge in [-0.25, -0.2) is 4.79 Å². The molecule has 2 aromatic carbocycles. The van der Waals surface area contributed by atoms with Gasteiger partial charge in [-0.05, 0) is 41.5 Å². The van der Waals surface area contributed by atoms with Crippen LogP contribution in [0.4, 0.5) is 5.69 Å². The van der Waals surface area contributed by atoms with Crippen LogP contribution < -0.4 is 9.47 Å². The van der Waals surface area contributed by atoms with Gasteiger partial charge in [0.25, 0.3) is 5.69 Å². The van der Waals surface area contributed by atoms with E-state index in [1.807, 2.05) is 0 Å². The summed E-state index contributed by atoms with van der Waals surface area (Å²) in [5, 5.41) is 11.0. The molecule has 0 aliphatic carbocycles. The van der Waals surface area contributed by atoms with Gasteiger partial charge < -0.3 is 14.2 Å². The lowest BCUT2D eigenvalue weighted by atomic mass is 10.2. The number of carbonyl (C=O) groups excluding carboxylic acids is 1. The maximum Gasteiger partial charge on any atom is 0.331 e. The van der Waals surface area contributed by atoms with Crippen LogP contribution in [-0.4, -0.2) is 24.6 Å². The first-order valence-electron chi connectivity index (χ1n) is 7.96. The summed E-state index contributed by atoms with van der Waals surface area (Å²) >= 11 is 6.27. The smallest absolute Gasteiger partial charge is 0.331 e. The molecule has 0 bridgehead atoms. The van der Waals surface area contributed by atoms with Crippen LogP contribution in [0.2, 0.25) is 5.02 Å². The number of nitro groups is 1. The van der Waals surface area contributed by atoms with Crippen molar-refractivity contribution in [2.45, 2.75) is 6.61 Å². The van der Waals surface area contributed by atoms with Crippen molar-refractivity contribution < 1.29 is 23.9 Å². The lowest BCUT2D eigenvalue weighted by Gasteiger charge is -2.13. The fourth-order valence-electron chi connectivity index (χ4n) is 2.17. The van der Waals surface area contributed by atoms with Crippen molar-refractivity contribution in [1.29, 1.82) is 0 Å². The number of terminal acetylenes is 1. The highest BCUT2D eigenvalue weighted by Crippen LogP contribution is 2.37. The molecule has 0 saturated heterocycles. The van der Waals surface area contributed by atoms with Gasteiger partial charge in [-0.2, -0.15) is 0 Å². The lowest BCUT2D eigenvalue weighted by molar-refractivity contribution is -0.384. The molecule has 0 heterocycles. The van der Waals surface area contributed by atoms with Gasteiger partial charge in [0.1, 0.15) is 6.61 Å². The van der Waals surface area contributed by atoms with E-state index in [-0.39, 0.29) is 23.9 Å². The van der Waals surface area contributed by atoms with Crippen molar-refractivity contribution in [2.24, 2.45) is 0 Å². The van der Waals surface area contributed by atoms with Crippen molar-refractivity contribution in [3.8, 4) is 23.8 Å². The first kappa shape index (κ1) is 20.8. The number of nitro benzene ring substituents is 1. The third-order valence-electron chi connectivity index (χ3n) is 3.49. The SMILES string of the molecule is C#CCOC(=O)/C=C/c1cc(Cl)c(OCc2ccc([N+](=O)[O-])cc2)c(OC)c1. The number of rotatable bonds is 8. The van der Waals surface area contributed by atoms with Crippen molar-refractivity contribution in [3.05, 3.63) is 68.7 Å². The van der Waals surface area contributed by atoms with Gasteiger partial charge >= 0.3 is 5.97 Å². The monoisotopic (exact) mass is 401 g/mol. The summed E-state index contributed by atoms with van der Waals surface area (Å²) in [5.41, 5.74) is 1.32. The van der Waals surface area contributed by atoms with Crippen molar-refractivity contribution in [2.75, 3.05) is 13.7 Å². The van der Waals surface area contributed by atoms with Crippen LogP contribution in [-0.2, 0) is 16.1 Å². The van der Waals surface area contributed by atoms with Gasteiger partial charge in [0.15, 0.2) is 18.1 Å². The summed E-state index contributed by atoms with van der Waals surface area (Å²) in [6, 6.07) is 9.21. The Morgan fingerprint density at radius 3 is 2.64 bits per heavy atom. The molecular formula is C20H16ClNO6. The summed E-state index contributed by atoms with van der Waals surface area (Å²) in [5.74, 6) is 2.30. The highest BCUT2D eigenvalue weighted by atomic mass is 35.5. The maximum atomic E-state index is 11.5. The number of halogens is 1. The molecular weight excluding hydrogens is 386 g/mol. The summed E-state index contributed by atoms with van der Waals surface area (Å²) in [4.78, 5) is 21.7. The zero-order valence-corrected chi connectivity index (χ0v) is 15.6. The van der Waals surface area contributed by atoms with Crippen LogP contribution in [0.15, 0.2) is 42.5 Å². The first-order valence-corrected chi connectivity index (χ1v) is 8.34. The summed E-state index contributed by atoms with van der Waals surface area (Å²) < 4.78 is 15.8. The normalized spacial score (nSPS) is 10.3. The van der Waals surface area contributed by atoms with Crippen LogP contribution >= 0.6 is 11.6 Å². The number of ether oxygens (including phenoxy) is 3. The van der Waals surface area contributed by atoms with Gasteiger partial charge in [-0.3, -0.25) is 10.1 Å². The van der Waals surface area contributed by atoms with Crippen LogP contribution in [0.5, 0.6) is 11.5 Å². The number of nitrogens with zero attached hydrogens (tertiary/aromatic N) is 1. The molecule has 8 heteroatoms. The predicted molar refractivity (Wildman–Crippen MR) is 104 cm³/mol. The van der Waals surface area contributed by atoms with Gasteiger partial charge in [0.2, 0.25) is 0 Å². The third kappa shape index (κ3) is 5.76. The Morgan fingerprint density at radius 1 is 1.32 bits per heavy atom. The zero-order valence-electron chi connectivity index (χ0n) is 14.9. The molecule has 0 aliphatic rings. The topological polar surface area (TPSA) is 87.9 Å². The molecule has 0 amide bonds. The first-order chi connectivity index (χ1) is 13.4. The fourth-order valence-corrected chi connectivity index (χ4v) is 2.44. The van der Waals surface area contributed by atoms with E-state index in [9.17, 15) is 14.9 Å². The molecule has 0 N–H and O–H groups in total. The Bertz CT molecular complexity index is 931. The van der Waals surface area contributed by atoms with Gasteiger partial charge in [-0.15, -0.1) is 6.42 Å². The largest absolute Gasteiger partial charge is 0.493 e. The summed E-state index contributed by atoms with van der Waals surface area (Å²) in [6.07, 6.45) is 7.75. The zero-order chi connectivity index (χ0) is 20.5. The van der Waals surface area contributed by atoms with Crippen LogP contribution in [0.25, 0.3) is 6.08 Å². The summed E-state index contributed by atoms with van der Waals surface area (Å²) in [6.45, 7) is 0.0321. The molecule has 0 spiro atoms. The number of carbonyl (C=O) groups is 1. The minimum absolute atomic E-state index is 0.00345. The standard InChI is InChI=1S/C20H16ClNO6/c1-3-10-27-19(23)9-6-15-11-17(21)20(18(12-15)26-2)28-13-14-4-7-16(8-5-14)22(24)25/h1,4-9,11-12H,10,13H2,2H3/b9-6+. The molecule has 0 radical (unpaired) electrons. The molecule has 144 valence electrons. The Balaban J connectivity index is 2.12. The number of esters is 1. The van der Waals surface area contributed by atoms with Crippen molar-refractivity contribution in [3.63, 3.8) is 0 Å². The molecule has 0 aliphatic heterocycles. The Kier molecular flexibility index (Phi) is 7.43. The Hall–Kier alpha value is -3.50. The second kappa shape index (κ2) is 10.00. The van der Waals surface area contributed by atoms with Gasteiger partial charge in [-0.1, -0.05) is 17.5 Å². The maximum absolute atomic E-state index is 11.5. The van der Waals surface area contributed by atoms with E-state index < -0.39 is 10.9 Å². The molecule has 0 aromatic heterocycles.